The number of aryl methyl sites for hydroxylation is 1. The standard InChI is InChI=1S/C18H31NO/c1-5-7-11-16(6-2)14-20-18(13-19-4)17-12-9-8-10-15(17)3/h8-10,12,16,18-19H,5-7,11,13-14H2,1-4H3. The molecule has 0 amide bonds. The molecule has 0 fully saturated rings. The van der Waals surface area contributed by atoms with Crippen LogP contribution < -0.4 is 5.32 Å². The highest BCUT2D eigenvalue weighted by Crippen LogP contribution is 2.23. The summed E-state index contributed by atoms with van der Waals surface area (Å²) in [4.78, 5) is 0. The summed E-state index contributed by atoms with van der Waals surface area (Å²) in [5.41, 5.74) is 2.63. The zero-order valence-corrected chi connectivity index (χ0v) is 13.6. The van der Waals surface area contributed by atoms with Crippen molar-refractivity contribution < 1.29 is 4.74 Å². The minimum atomic E-state index is 0.164. The molecule has 0 aliphatic rings. The molecule has 0 spiro atoms. The lowest BCUT2D eigenvalue weighted by Crippen LogP contribution is -2.23. The van der Waals surface area contributed by atoms with Crippen molar-refractivity contribution in [2.75, 3.05) is 20.2 Å². The van der Waals surface area contributed by atoms with Gasteiger partial charge in [0.15, 0.2) is 0 Å². The Morgan fingerprint density at radius 2 is 1.95 bits per heavy atom. The van der Waals surface area contributed by atoms with Crippen molar-refractivity contribution in [1.82, 2.24) is 5.32 Å². The number of unbranched alkanes of at least 4 members (excludes halogenated alkanes) is 1. The van der Waals surface area contributed by atoms with Crippen LogP contribution in [0, 0.1) is 12.8 Å². The quantitative estimate of drug-likeness (QED) is 0.680. The molecule has 2 unspecified atom stereocenters. The Balaban J connectivity index is 2.61. The highest BCUT2D eigenvalue weighted by molar-refractivity contribution is 5.28. The van der Waals surface area contributed by atoms with Crippen LogP contribution in [0.1, 0.15) is 56.8 Å². The minimum Gasteiger partial charge on any atom is -0.372 e. The van der Waals surface area contributed by atoms with E-state index in [0.29, 0.717) is 5.92 Å². The van der Waals surface area contributed by atoms with Crippen molar-refractivity contribution in [3.63, 3.8) is 0 Å². The van der Waals surface area contributed by atoms with Crippen molar-refractivity contribution in [1.29, 1.82) is 0 Å². The van der Waals surface area contributed by atoms with Crippen LogP contribution in [0.2, 0.25) is 0 Å². The van der Waals surface area contributed by atoms with Crippen LogP contribution in [-0.2, 0) is 4.74 Å². The van der Waals surface area contributed by atoms with Gasteiger partial charge in [0.2, 0.25) is 0 Å². The first-order chi connectivity index (χ1) is 9.72. The summed E-state index contributed by atoms with van der Waals surface area (Å²) >= 11 is 0. The lowest BCUT2D eigenvalue weighted by Gasteiger charge is -2.23. The van der Waals surface area contributed by atoms with E-state index in [2.05, 4.69) is 50.4 Å². The van der Waals surface area contributed by atoms with Gasteiger partial charge in [-0.1, -0.05) is 57.4 Å². The summed E-state index contributed by atoms with van der Waals surface area (Å²) in [7, 11) is 1.99. The summed E-state index contributed by atoms with van der Waals surface area (Å²) in [6, 6.07) is 8.54. The molecule has 0 bridgehead atoms. The van der Waals surface area contributed by atoms with Gasteiger partial charge in [-0.3, -0.25) is 0 Å². The third kappa shape index (κ3) is 5.64. The second kappa shape index (κ2) is 9.95. The van der Waals surface area contributed by atoms with Crippen LogP contribution in [0.15, 0.2) is 24.3 Å². The summed E-state index contributed by atoms with van der Waals surface area (Å²) in [5.74, 6) is 0.693. The van der Waals surface area contributed by atoms with Gasteiger partial charge in [0.25, 0.3) is 0 Å². The molecule has 114 valence electrons. The minimum absolute atomic E-state index is 0.164. The van der Waals surface area contributed by atoms with E-state index in [-0.39, 0.29) is 6.10 Å². The van der Waals surface area contributed by atoms with Gasteiger partial charge in [-0.05, 0) is 37.4 Å². The molecular formula is C18H31NO. The van der Waals surface area contributed by atoms with Gasteiger partial charge in [-0.15, -0.1) is 0 Å². The fraction of sp³-hybridized carbons (Fsp3) is 0.667. The Morgan fingerprint density at radius 1 is 1.20 bits per heavy atom. The summed E-state index contributed by atoms with van der Waals surface area (Å²) in [6.07, 6.45) is 5.24. The van der Waals surface area contributed by atoms with Gasteiger partial charge < -0.3 is 10.1 Å². The monoisotopic (exact) mass is 277 g/mol. The van der Waals surface area contributed by atoms with Crippen molar-refractivity contribution in [2.45, 2.75) is 52.6 Å². The molecule has 0 saturated heterocycles. The Labute approximate surface area is 124 Å². The molecule has 2 nitrogen and oxygen atoms in total. The topological polar surface area (TPSA) is 21.3 Å². The Kier molecular flexibility index (Phi) is 8.56. The molecule has 0 heterocycles. The van der Waals surface area contributed by atoms with Crippen LogP contribution >= 0.6 is 0 Å². The highest BCUT2D eigenvalue weighted by Gasteiger charge is 2.15. The van der Waals surface area contributed by atoms with E-state index in [9.17, 15) is 0 Å². The lowest BCUT2D eigenvalue weighted by molar-refractivity contribution is 0.0257. The highest BCUT2D eigenvalue weighted by atomic mass is 16.5. The van der Waals surface area contributed by atoms with Crippen molar-refractivity contribution in [2.24, 2.45) is 5.92 Å². The van der Waals surface area contributed by atoms with E-state index in [0.717, 1.165) is 13.2 Å². The number of hydrogen-bond donors (Lipinski definition) is 1. The van der Waals surface area contributed by atoms with E-state index < -0.39 is 0 Å². The predicted octanol–water partition coefficient (Wildman–Crippen LogP) is 4.49. The fourth-order valence-corrected chi connectivity index (χ4v) is 2.54. The van der Waals surface area contributed by atoms with E-state index in [1.807, 2.05) is 7.05 Å². The maximum absolute atomic E-state index is 6.24. The van der Waals surface area contributed by atoms with Crippen LogP contribution in [0.5, 0.6) is 0 Å². The zero-order chi connectivity index (χ0) is 14.8. The molecule has 2 heteroatoms. The molecule has 0 radical (unpaired) electrons. The van der Waals surface area contributed by atoms with E-state index in [1.165, 1.54) is 36.8 Å². The van der Waals surface area contributed by atoms with Crippen molar-refractivity contribution in [3.05, 3.63) is 35.4 Å². The van der Waals surface area contributed by atoms with Gasteiger partial charge in [0, 0.05) is 6.54 Å². The molecule has 0 saturated carbocycles. The number of likely N-dealkylation sites (N-methyl/N-ethyl adjacent to an activating group) is 1. The predicted molar refractivity (Wildman–Crippen MR) is 87.1 cm³/mol. The molecule has 1 rings (SSSR count). The van der Waals surface area contributed by atoms with Gasteiger partial charge in [0.05, 0.1) is 12.7 Å². The Morgan fingerprint density at radius 3 is 2.55 bits per heavy atom. The summed E-state index contributed by atoms with van der Waals surface area (Å²) < 4.78 is 6.24. The van der Waals surface area contributed by atoms with E-state index >= 15 is 0 Å². The second-order valence-electron chi connectivity index (χ2n) is 5.65. The van der Waals surface area contributed by atoms with Gasteiger partial charge in [-0.2, -0.15) is 0 Å². The normalized spacial score (nSPS) is 14.2. The SMILES string of the molecule is CCCCC(CC)COC(CNC)c1ccccc1C. The van der Waals surface area contributed by atoms with Crippen molar-refractivity contribution >= 4 is 0 Å². The number of hydrogen-bond acceptors (Lipinski definition) is 2. The molecule has 2 atom stereocenters. The molecule has 0 aromatic heterocycles. The summed E-state index contributed by atoms with van der Waals surface area (Å²) in [5, 5.41) is 3.25. The van der Waals surface area contributed by atoms with Gasteiger partial charge in [0.1, 0.15) is 0 Å². The Bertz CT molecular complexity index is 364. The molecule has 1 aromatic rings. The third-order valence-electron chi connectivity index (χ3n) is 4.00. The number of nitrogens with one attached hydrogen (secondary N) is 1. The number of rotatable bonds is 10. The molecule has 0 aliphatic heterocycles. The third-order valence-corrected chi connectivity index (χ3v) is 4.00. The second-order valence-corrected chi connectivity index (χ2v) is 5.65. The molecule has 1 aromatic carbocycles. The molecule has 1 N–H and O–H groups in total. The average molecular weight is 277 g/mol. The van der Waals surface area contributed by atoms with Crippen LogP contribution in [0.3, 0.4) is 0 Å². The van der Waals surface area contributed by atoms with Crippen LogP contribution in [-0.4, -0.2) is 20.2 Å². The molecule has 0 aliphatic carbocycles. The maximum atomic E-state index is 6.24. The lowest BCUT2D eigenvalue weighted by atomic mass is 9.99. The molecular weight excluding hydrogens is 246 g/mol. The Hall–Kier alpha value is -0.860. The van der Waals surface area contributed by atoms with E-state index in [4.69, 9.17) is 4.74 Å². The number of benzene rings is 1. The first-order valence-corrected chi connectivity index (χ1v) is 8.04. The maximum Gasteiger partial charge on any atom is 0.0951 e. The first kappa shape index (κ1) is 17.2. The van der Waals surface area contributed by atoms with E-state index in [1.54, 1.807) is 0 Å². The number of ether oxygens (including phenoxy) is 1. The molecule has 20 heavy (non-hydrogen) atoms. The van der Waals surface area contributed by atoms with Gasteiger partial charge in [-0.25, -0.2) is 0 Å². The zero-order valence-electron chi connectivity index (χ0n) is 13.6. The summed E-state index contributed by atoms with van der Waals surface area (Å²) in [6.45, 7) is 8.43. The average Bonchev–Trinajstić information content (AvgIpc) is 2.47. The van der Waals surface area contributed by atoms with Crippen molar-refractivity contribution in [3.8, 4) is 0 Å². The largest absolute Gasteiger partial charge is 0.372 e. The van der Waals surface area contributed by atoms with Crippen LogP contribution in [0.25, 0.3) is 0 Å². The van der Waals surface area contributed by atoms with Gasteiger partial charge >= 0.3 is 0 Å². The fourth-order valence-electron chi connectivity index (χ4n) is 2.54. The smallest absolute Gasteiger partial charge is 0.0951 e. The van der Waals surface area contributed by atoms with Crippen LogP contribution in [0.4, 0.5) is 0 Å². The first-order valence-electron chi connectivity index (χ1n) is 8.04.